The largest absolute Gasteiger partial charge is 0.476 e. The van der Waals surface area contributed by atoms with Crippen molar-refractivity contribution in [3.8, 4) is 5.75 Å². The van der Waals surface area contributed by atoms with Gasteiger partial charge in [-0.3, -0.25) is 14.4 Å². The van der Waals surface area contributed by atoms with Gasteiger partial charge in [0.15, 0.2) is 5.60 Å². The molecule has 38 heavy (non-hydrogen) atoms. The monoisotopic (exact) mass is 542 g/mol. The van der Waals surface area contributed by atoms with Crippen molar-refractivity contribution in [3.05, 3.63) is 23.3 Å². The first-order valence-corrected chi connectivity index (χ1v) is 12.4. The second kappa shape index (κ2) is 10.7. The van der Waals surface area contributed by atoms with Crippen LogP contribution in [0.25, 0.3) is 0 Å². The maximum absolute atomic E-state index is 14.3. The molecule has 1 atom stereocenters. The zero-order chi connectivity index (χ0) is 28.6. The van der Waals surface area contributed by atoms with Gasteiger partial charge in [0.1, 0.15) is 5.75 Å². The number of ether oxygens (including phenoxy) is 1. The van der Waals surface area contributed by atoms with Gasteiger partial charge in [0.25, 0.3) is 11.8 Å². The van der Waals surface area contributed by atoms with E-state index in [1.807, 2.05) is 0 Å². The number of nitrogens with one attached hydrogen (secondary N) is 1. The van der Waals surface area contributed by atoms with E-state index in [1.54, 1.807) is 13.8 Å². The molecule has 0 aliphatic carbocycles. The molecule has 1 fully saturated rings. The molecular formula is C25H33F3N4O6. The molecule has 1 aromatic rings. The van der Waals surface area contributed by atoms with E-state index in [4.69, 9.17) is 4.74 Å². The lowest BCUT2D eigenvalue weighted by molar-refractivity contribution is -0.138. The van der Waals surface area contributed by atoms with Crippen molar-refractivity contribution < 1.29 is 42.2 Å². The van der Waals surface area contributed by atoms with E-state index in [2.05, 4.69) is 5.32 Å². The summed E-state index contributed by atoms with van der Waals surface area (Å²) in [5.41, 5.74) is -3.46. The summed E-state index contributed by atoms with van der Waals surface area (Å²) in [5, 5.41) is 11.8. The van der Waals surface area contributed by atoms with E-state index in [1.165, 1.54) is 25.8 Å². The summed E-state index contributed by atoms with van der Waals surface area (Å²) in [6.45, 7) is 6.22. The number of rotatable bonds is 6. The smallest absolute Gasteiger partial charge is 0.417 e. The van der Waals surface area contributed by atoms with E-state index >= 15 is 0 Å². The van der Waals surface area contributed by atoms with Gasteiger partial charge in [0, 0.05) is 39.1 Å². The number of carbonyl (C=O) groups excluding carboxylic acids is 3. The molecule has 4 amide bonds. The summed E-state index contributed by atoms with van der Waals surface area (Å²) in [7, 11) is 1.42. The number of carboxylic acid groups (broad SMARTS) is 1. The Morgan fingerprint density at radius 2 is 1.92 bits per heavy atom. The molecule has 0 saturated carbocycles. The van der Waals surface area contributed by atoms with Gasteiger partial charge in [0.2, 0.25) is 5.91 Å². The van der Waals surface area contributed by atoms with Gasteiger partial charge < -0.3 is 29.9 Å². The Morgan fingerprint density at radius 3 is 2.47 bits per heavy atom. The van der Waals surface area contributed by atoms with E-state index in [-0.39, 0.29) is 43.4 Å². The minimum absolute atomic E-state index is 0.0282. The van der Waals surface area contributed by atoms with Crippen LogP contribution in [0.5, 0.6) is 5.75 Å². The first-order valence-electron chi connectivity index (χ1n) is 12.4. The Morgan fingerprint density at radius 1 is 1.26 bits per heavy atom. The van der Waals surface area contributed by atoms with E-state index in [0.29, 0.717) is 18.9 Å². The van der Waals surface area contributed by atoms with Crippen LogP contribution in [0.15, 0.2) is 12.1 Å². The van der Waals surface area contributed by atoms with Gasteiger partial charge in [0.05, 0.1) is 22.9 Å². The molecule has 13 heteroatoms. The minimum atomic E-state index is -4.93. The average molecular weight is 543 g/mol. The van der Waals surface area contributed by atoms with Crippen LogP contribution in [-0.4, -0.2) is 83.1 Å². The van der Waals surface area contributed by atoms with E-state index < -0.39 is 52.9 Å². The Bertz CT molecular complexity index is 1120. The third-order valence-corrected chi connectivity index (χ3v) is 6.74. The zero-order valence-corrected chi connectivity index (χ0v) is 22.0. The lowest BCUT2D eigenvalue weighted by Crippen LogP contribution is -2.54. The van der Waals surface area contributed by atoms with Gasteiger partial charge in [-0.2, -0.15) is 13.2 Å². The van der Waals surface area contributed by atoms with Crippen molar-refractivity contribution in [2.75, 3.05) is 31.6 Å². The quantitative estimate of drug-likeness (QED) is 0.569. The highest BCUT2D eigenvalue weighted by Crippen LogP contribution is 2.44. The maximum Gasteiger partial charge on any atom is 0.417 e. The van der Waals surface area contributed by atoms with Gasteiger partial charge in [-0.05, 0) is 52.7 Å². The SMILES string of the molecule is CNC(=O)CCN1C(=O)C(C)(C)Oc2cc(C(F)(F)F)c(C(=O)N(C(C)C)[C@@H]3CCCN(C(=O)O)C3)cc21. The Balaban J connectivity index is 2.13. The molecule has 1 saturated heterocycles. The fraction of sp³-hybridized carbons (Fsp3) is 0.600. The van der Waals surface area contributed by atoms with Crippen molar-refractivity contribution in [2.45, 2.75) is 70.8 Å². The number of piperidine rings is 1. The van der Waals surface area contributed by atoms with Crippen LogP contribution in [0.2, 0.25) is 0 Å². The molecule has 0 unspecified atom stereocenters. The molecule has 3 rings (SSSR count). The molecule has 0 spiro atoms. The Hall–Kier alpha value is -3.51. The second-order valence-corrected chi connectivity index (χ2v) is 10.2. The predicted octanol–water partition coefficient (Wildman–Crippen LogP) is 3.34. The topological polar surface area (TPSA) is 119 Å². The predicted molar refractivity (Wildman–Crippen MR) is 131 cm³/mol. The van der Waals surface area contributed by atoms with Crippen molar-refractivity contribution in [2.24, 2.45) is 0 Å². The molecule has 1 aromatic carbocycles. The summed E-state index contributed by atoms with van der Waals surface area (Å²) in [6, 6.07) is 0.530. The fourth-order valence-corrected chi connectivity index (χ4v) is 4.90. The molecule has 0 aromatic heterocycles. The van der Waals surface area contributed by atoms with Crippen molar-refractivity contribution in [3.63, 3.8) is 0 Å². The molecule has 210 valence electrons. The minimum Gasteiger partial charge on any atom is -0.476 e. The normalized spacial score (nSPS) is 19.1. The highest BCUT2D eigenvalue weighted by Gasteiger charge is 2.45. The second-order valence-electron chi connectivity index (χ2n) is 10.2. The lowest BCUT2D eigenvalue weighted by Gasteiger charge is -2.42. The molecule has 2 N–H and O–H groups in total. The number of fused-ring (bicyclic) bond motifs is 1. The molecule has 2 aliphatic rings. The number of anilines is 1. The summed E-state index contributed by atoms with van der Waals surface area (Å²) in [4.78, 5) is 53.9. The molecule has 0 radical (unpaired) electrons. The van der Waals surface area contributed by atoms with Crippen LogP contribution >= 0.6 is 0 Å². The number of halogens is 3. The standard InChI is InChI=1S/C25H33F3N4O6/c1-14(2)32(15-7-6-9-30(13-15)23(36)37)21(34)16-11-18-19(12-17(16)25(26,27)28)38-24(3,4)22(35)31(18)10-8-20(33)29-5/h11-12,14-15H,6-10,13H2,1-5H3,(H,29,33)(H,36,37)/t15-/m1/s1. The maximum atomic E-state index is 14.3. The number of hydrogen-bond acceptors (Lipinski definition) is 5. The molecular weight excluding hydrogens is 509 g/mol. The van der Waals surface area contributed by atoms with Crippen LogP contribution in [0, 0.1) is 0 Å². The third kappa shape index (κ3) is 5.81. The number of likely N-dealkylation sites (tertiary alicyclic amines) is 1. The Labute approximate surface area is 218 Å². The first kappa shape index (κ1) is 29.1. The number of nitrogens with zero attached hydrogens (tertiary/aromatic N) is 3. The average Bonchev–Trinajstić information content (AvgIpc) is 2.82. The summed E-state index contributed by atoms with van der Waals surface area (Å²) in [6.07, 6.45) is -5.33. The van der Waals surface area contributed by atoms with Crippen LogP contribution in [-0.2, 0) is 15.8 Å². The van der Waals surface area contributed by atoms with Gasteiger partial charge >= 0.3 is 12.3 Å². The molecule has 2 heterocycles. The lowest BCUT2D eigenvalue weighted by atomic mass is 9.96. The molecule has 2 aliphatic heterocycles. The Kier molecular flexibility index (Phi) is 8.18. The number of alkyl halides is 3. The number of carbonyl (C=O) groups is 4. The van der Waals surface area contributed by atoms with Crippen LogP contribution in [0.3, 0.4) is 0 Å². The van der Waals surface area contributed by atoms with Gasteiger partial charge in [-0.25, -0.2) is 4.79 Å². The number of benzene rings is 1. The van der Waals surface area contributed by atoms with Crippen molar-refractivity contribution >= 4 is 29.5 Å². The zero-order valence-electron chi connectivity index (χ0n) is 22.0. The highest BCUT2D eigenvalue weighted by atomic mass is 19.4. The van der Waals surface area contributed by atoms with Gasteiger partial charge in [-0.15, -0.1) is 0 Å². The summed E-state index contributed by atoms with van der Waals surface area (Å²) in [5.74, 6) is -2.12. The van der Waals surface area contributed by atoms with E-state index in [9.17, 15) is 37.5 Å². The number of hydrogen-bond donors (Lipinski definition) is 2. The summed E-state index contributed by atoms with van der Waals surface area (Å²) >= 11 is 0. The van der Waals surface area contributed by atoms with E-state index in [0.717, 1.165) is 15.9 Å². The third-order valence-electron chi connectivity index (χ3n) is 6.74. The number of amides is 4. The molecule has 10 nitrogen and oxygen atoms in total. The van der Waals surface area contributed by atoms with Crippen LogP contribution in [0.1, 0.15) is 62.9 Å². The first-order chi connectivity index (χ1) is 17.6. The van der Waals surface area contributed by atoms with Crippen molar-refractivity contribution in [1.82, 2.24) is 15.1 Å². The van der Waals surface area contributed by atoms with Crippen LogP contribution < -0.4 is 15.0 Å². The molecule has 0 bridgehead atoms. The fourth-order valence-electron chi connectivity index (χ4n) is 4.90. The highest BCUT2D eigenvalue weighted by molar-refractivity contribution is 6.05. The summed E-state index contributed by atoms with van der Waals surface area (Å²) < 4.78 is 48.5. The van der Waals surface area contributed by atoms with Crippen LogP contribution in [0.4, 0.5) is 23.7 Å². The van der Waals surface area contributed by atoms with Gasteiger partial charge in [-0.1, -0.05) is 0 Å². The van der Waals surface area contributed by atoms with Crippen molar-refractivity contribution in [1.29, 1.82) is 0 Å².